The van der Waals surface area contributed by atoms with Crippen LogP contribution in [0.5, 0.6) is 0 Å². The third-order valence-corrected chi connectivity index (χ3v) is 9.64. The molecule has 0 spiro atoms. The molecule has 4 aromatic rings. The fraction of sp³-hybridized carbons (Fsp3) is 0.486. The van der Waals surface area contributed by atoms with E-state index in [2.05, 4.69) is 32.7 Å². The number of rotatable bonds is 11. The summed E-state index contributed by atoms with van der Waals surface area (Å²) in [7, 11) is 0. The second-order valence-electron chi connectivity index (χ2n) is 12.9. The number of H-pyrrole nitrogens is 1. The second kappa shape index (κ2) is 13.9. The number of hydrogen-bond donors (Lipinski definition) is 4. The lowest BCUT2D eigenvalue weighted by molar-refractivity contribution is 0.310. The maximum Gasteiger partial charge on any atom is 0.354 e. The van der Waals surface area contributed by atoms with E-state index in [1.807, 2.05) is 31.2 Å². The smallest absolute Gasteiger partial charge is 0.339 e. The van der Waals surface area contributed by atoms with Gasteiger partial charge in [-0.25, -0.2) is 9.18 Å². The highest BCUT2D eigenvalue weighted by Crippen LogP contribution is 2.32. The van der Waals surface area contributed by atoms with Gasteiger partial charge in [0, 0.05) is 41.8 Å². The molecule has 2 aliphatic rings. The standard InChI is InChI=1S/C35H44ClFN6O/c1-22(38)6-4-9-24-16-29(33(37)30(36)17-24)32-18-26-21-43(35(44)42-34(26)41-32)28-14-12-25(13-15-28)31-11-5-10-27(40-31)20-39-19-23-7-2-3-8-23/h12-18,21-23,27,31,39-40H,2-11,19-20,38H2,1H3,(H,41,42,44)/t22-,27-,31-/m0/s1. The Labute approximate surface area is 263 Å². The van der Waals surface area contributed by atoms with E-state index < -0.39 is 11.5 Å². The van der Waals surface area contributed by atoms with Crippen LogP contribution in [0.2, 0.25) is 5.02 Å². The molecule has 6 rings (SSSR count). The summed E-state index contributed by atoms with van der Waals surface area (Å²) in [6.07, 6.45) is 13.3. The Morgan fingerprint density at radius 1 is 1.09 bits per heavy atom. The molecule has 3 heterocycles. The van der Waals surface area contributed by atoms with Crippen molar-refractivity contribution in [1.82, 2.24) is 25.2 Å². The highest BCUT2D eigenvalue weighted by atomic mass is 35.5. The van der Waals surface area contributed by atoms with Crippen LogP contribution in [-0.4, -0.2) is 39.7 Å². The lowest BCUT2D eigenvalue weighted by Crippen LogP contribution is -2.44. The van der Waals surface area contributed by atoms with Crippen LogP contribution in [0.3, 0.4) is 0 Å². The summed E-state index contributed by atoms with van der Waals surface area (Å²) in [5.41, 5.74) is 9.71. The molecule has 1 aliphatic carbocycles. The molecule has 2 aromatic carbocycles. The predicted octanol–water partition coefficient (Wildman–Crippen LogP) is 6.81. The molecule has 0 bridgehead atoms. The third kappa shape index (κ3) is 7.26. The minimum atomic E-state index is -0.497. The van der Waals surface area contributed by atoms with Crippen molar-refractivity contribution in [3.63, 3.8) is 0 Å². The Morgan fingerprint density at radius 3 is 2.66 bits per heavy atom. The van der Waals surface area contributed by atoms with Crippen LogP contribution >= 0.6 is 11.6 Å². The van der Waals surface area contributed by atoms with E-state index in [9.17, 15) is 4.79 Å². The topological polar surface area (TPSA) is 101 Å². The molecule has 1 saturated carbocycles. The van der Waals surface area contributed by atoms with Crippen LogP contribution in [0, 0.1) is 11.7 Å². The monoisotopic (exact) mass is 618 g/mol. The second-order valence-corrected chi connectivity index (χ2v) is 13.3. The third-order valence-electron chi connectivity index (χ3n) is 9.37. The lowest BCUT2D eigenvalue weighted by atomic mass is 9.93. The lowest BCUT2D eigenvalue weighted by Gasteiger charge is -2.32. The largest absolute Gasteiger partial charge is 0.354 e. The van der Waals surface area contributed by atoms with E-state index in [0.717, 1.165) is 55.9 Å². The summed E-state index contributed by atoms with van der Waals surface area (Å²) in [5, 5.41) is 8.34. The summed E-state index contributed by atoms with van der Waals surface area (Å²) in [6, 6.07) is 14.4. The molecule has 2 fully saturated rings. The number of nitrogens with one attached hydrogen (secondary N) is 3. The quantitative estimate of drug-likeness (QED) is 0.148. The highest BCUT2D eigenvalue weighted by molar-refractivity contribution is 6.31. The van der Waals surface area contributed by atoms with E-state index in [1.165, 1.54) is 44.1 Å². The number of aromatic amines is 1. The van der Waals surface area contributed by atoms with Crippen LogP contribution in [0.4, 0.5) is 4.39 Å². The molecule has 2 aromatic heterocycles. The minimum absolute atomic E-state index is 0.0729. The Kier molecular flexibility index (Phi) is 9.81. The van der Waals surface area contributed by atoms with Crippen LogP contribution in [0.1, 0.15) is 81.9 Å². The normalized spacial score (nSPS) is 20.0. The van der Waals surface area contributed by atoms with Gasteiger partial charge < -0.3 is 21.4 Å². The average Bonchev–Trinajstić information content (AvgIpc) is 3.68. The van der Waals surface area contributed by atoms with Crippen molar-refractivity contribution in [1.29, 1.82) is 0 Å². The summed E-state index contributed by atoms with van der Waals surface area (Å²) >= 11 is 6.27. The van der Waals surface area contributed by atoms with E-state index in [1.54, 1.807) is 16.8 Å². The maximum atomic E-state index is 15.1. The average molecular weight is 619 g/mol. The Morgan fingerprint density at radius 2 is 1.89 bits per heavy atom. The number of fused-ring (bicyclic) bond motifs is 1. The van der Waals surface area contributed by atoms with E-state index in [4.69, 9.17) is 17.3 Å². The zero-order valence-corrected chi connectivity index (χ0v) is 26.3. The van der Waals surface area contributed by atoms with Crippen LogP contribution in [-0.2, 0) is 6.42 Å². The summed E-state index contributed by atoms with van der Waals surface area (Å²) in [6.45, 7) is 4.13. The first kappa shape index (κ1) is 31.0. The molecule has 1 saturated heterocycles. The highest BCUT2D eigenvalue weighted by Gasteiger charge is 2.23. The molecule has 0 unspecified atom stereocenters. The van der Waals surface area contributed by atoms with Gasteiger partial charge in [-0.3, -0.25) is 4.57 Å². The van der Waals surface area contributed by atoms with Gasteiger partial charge in [-0.15, -0.1) is 0 Å². The van der Waals surface area contributed by atoms with Crippen molar-refractivity contribution >= 4 is 22.6 Å². The number of piperidine rings is 1. The van der Waals surface area contributed by atoms with Crippen molar-refractivity contribution in [3.8, 4) is 16.9 Å². The fourth-order valence-electron chi connectivity index (χ4n) is 6.92. The van der Waals surface area contributed by atoms with Crippen molar-refractivity contribution in [2.45, 2.75) is 89.3 Å². The summed E-state index contributed by atoms with van der Waals surface area (Å²) in [4.78, 5) is 20.5. The molecular formula is C35H44ClFN6O. The maximum absolute atomic E-state index is 15.1. The van der Waals surface area contributed by atoms with Crippen molar-refractivity contribution < 1.29 is 4.39 Å². The van der Waals surface area contributed by atoms with Gasteiger partial charge in [-0.1, -0.05) is 36.6 Å². The number of benzene rings is 2. The summed E-state index contributed by atoms with van der Waals surface area (Å²) < 4.78 is 16.7. The van der Waals surface area contributed by atoms with E-state index in [0.29, 0.717) is 34.4 Å². The summed E-state index contributed by atoms with van der Waals surface area (Å²) in [5.74, 6) is 0.353. The Balaban J connectivity index is 1.16. The molecule has 9 heteroatoms. The number of nitrogens with two attached hydrogens (primary N) is 1. The van der Waals surface area contributed by atoms with Gasteiger partial charge in [0.05, 0.1) is 16.4 Å². The van der Waals surface area contributed by atoms with Gasteiger partial charge >= 0.3 is 5.69 Å². The molecule has 7 nitrogen and oxygen atoms in total. The molecule has 0 amide bonds. The number of aryl methyl sites for hydroxylation is 1. The van der Waals surface area contributed by atoms with Gasteiger partial charge in [-0.05, 0) is 112 Å². The number of hydrogen-bond acceptors (Lipinski definition) is 5. The molecular weight excluding hydrogens is 575 g/mol. The molecule has 234 valence electrons. The van der Waals surface area contributed by atoms with Crippen molar-refractivity contribution in [3.05, 3.63) is 81.1 Å². The Hall–Kier alpha value is -3.04. The molecule has 44 heavy (non-hydrogen) atoms. The number of nitrogens with zero attached hydrogens (tertiary/aromatic N) is 2. The molecule has 0 radical (unpaired) electrons. The minimum Gasteiger partial charge on any atom is -0.339 e. The van der Waals surface area contributed by atoms with E-state index >= 15 is 4.39 Å². The van der Waals surface area contributed by atoms with Crippen molar-refractivity contribution in [2.24, 2.45) is 11.7 Å². The van der Waals surface area contributed by atoms with Gasteiger partial charge in [0.25, 0.3) is 0 Å². The molecule has 3 atom stereocenters. The van der Waals surface area contributed by atoms with Crippen LogP contribution < -0.4 is 22.1 Å². The zero-order valence-electron chi connectivity index (χ0n) is 25.5. The van der Waals surface area contributed by atoms with Gasteiger partial charge in [0.15, 0.2) is 5.82 Å². The van der Waals surface area contributed by atoms with Crippen LogP contribution in [0.15, 0.2) is 53.5 Å². The Bertz CT molecular complexity index is 1620. The van der Waals surface area contributed by atoms with Gasteiger partial charge in [-0.2, -0.15) is 4.98 Å². The predicted molar refractivity (Wildman–Crippen MR) is 177 cm³/mol. The first-order valence-corrected chi connectivity index (χ1v) is 16.6. The van der Waals surface area contributed by atoms with Crippen molar-refractivity contribution in [2.75, 3.05) is 13.1 Å². The first-order chi connectivity index (χ1) is 21.3. The first-order valence-electron chi connectivity index (χ1n) is 16.3. The van der Waals surface area contributed by atoms with Gasteiger partial charge in [0.1, 0.15) is 5.65 Å². The SMILES string of the molecule is C[C@H](N)CCCc1cc(Cl)c(F)c(-c2cc3cn(-c4ccc([C@@H]5CCC[C@@H](CNCC6CCCC6)N5)cc4)c(=O)nc3[nH]2)c1. The molecule has 5 N–H and O–H groups in total. The van der Waals surface area contributed by atoms with E-state index in [-0.39, 0.29) is 11.1 Å². The van der Waals surface area contributed by atoms with Gasteiger partial charge in [0.2, 0.25) is 0 Å². The number of aromatic nitrogens is 3. The number of halogens is 2. The van der Waals surface area contributed by atoms with Crippen LogP contribution in [0.25, 0.3) is 28.0 Å². The molecule has 1 aliphatic heterocycles. The zero-order chi connectivity index (χ0) is 30.6. The fourth-order valence-corrected chi connectivity index (χ4v) is 7.17.